The molecular weight excluding hydrogens is 394 g/mol. The Labute approximate surface area is 181 Å². The molecule has 30 heavy (non-hydrogen) atoms. The molecule has 2 heterocycles. The number of rotatable bonds is 7. The number of piperidine rings is 1. The third kappa shape index (κ3) is 5.46. The predicted molar refractivity (Wildman–Crippen MR) is 121 cm³/mol. The second-order valence-electron chi connectivity index (χ2n) is 7.84. The number of para-hydroxylation sites is 1. The number of nitrogens with zero attached hydrogens (tertiary/aromatic N) is 2. The Bertz CT molecular complexity index is 973. The van der Waals surface area contributed by atoms with E-state index in [0.29, 0.717) is 17.3 Å². The van der Waals surface area contributed by atoms with Gasteiger partial charge in [0.05, 0.1) is 5.69 Å². The van der Waals surface area contributed by atoms with Gasteiger partial charge in [-0.05, 0) is 43.5 Å². The summed E-state index contributed by atoms with van der Waals surface area (Å²) < 4.78 is 5.83. The molecule has 1 saturated heterocycles. The van der Waals surface area contributed by atoms with Gasteiger partial charge in [0.15, 0.2) is 5.13 Å². The fourth-order valence-corrected chi connectivity index (χ4v) is 4.50. The highest BCUT2D eigenvalue weighted by Gasteiger charge is 2.18. The largest absolute Gasteiger partial charge is 0.489 e. The first-order chi connectivity index (χ1) is 14.7. The Hall–Kier alpha value is -2.70. The average molecular weight is 422 g/mol. The Morgan fingerprint density at radius 1 is 1.20 bits per heavy atom. The van der Waals surface area contributed by atoms with E-state index in [-0.39, 0.29) is 5.91 Å². The molecule has 1 fully saturated rings. The number of nitrogens with one attached hydrogen (secondary N) is 1. The fraction of sp³-hybridized carbons (Fsp3) is 0.333. The normalized spacial score (nSPS) is 16.9. The summed E-state index contributed by atoms with van der Waals surface area (Å²) in [5.41, 5.74) is 2.47. The summed E-state index contributed by atoms with van der Waals surface area (Å²) in [6.07, 6.45) is 2.55. The van der Waals surface area contributed by atoms with Gasteiger partial charge in [-0.3, -0.25) is 15.0 Å². The van der Waals surface area contributed by atoms with Gasteiger partial charge >= 0.3 is 0 Å². The topological polar surface area (TPSA) is 54.5 Å². The van der Waals surface area contributed by atoms with Crippen molar-refractivity contribution in [3.8, 4) is 5.75 Å². The second kappa shape index (κ2) is 9.87. The number of hydrogen-bond donors (Lipinski definition) is 1. The van der Waals surface area contributed by atoms with Crippen LogP contribution in [0.4, 0.5) is 5.13 Å². The van der Waals surface area contributed by atoms with Crippen LogP contribution in [0.2, 0.25) is 0 Å². The van der Waals surface area contributed by atoms with Crippen molar-refractivity contribution in [3.05, 3.63) is 76.8 Å². The zero-order valence-electron chi connectivity index (χ0n) is 17.2. The summed E-state index contributed by atoms with van der Waals surface area (Å²) in [5.74, 6) is 1.37. The lowest BCUT2D eigenvalue weighted by atomic mass is 10.0. The lowest BCUT2D eigenvalue weighted by molar-refractivity contribution is 0.102. The highest BCUT2D eigenvalue weighted by molar-refractivity contribution is 7.14. The van der Waals surface area contributed by atoms with Crippen molar-refractivity contribution >= 4 is 22.4 Å². The maximum absolute atomic E-state index is 12.9. The molecule has 0 aliphatic carbocycles. The maximum atomic E-state index is 12.9. The van der Waals surface area contributed by atoms with E-state index in [2.05, 4.69) is 22.1 Å². The number of anilines is 1. The highest BCUT2D eigenvalue weighted by Crippen LogP contribution is 2.22. The van der Waals surface area contributed by atoms with Gasteiger partial charge in [0, 0.05) is 29.6 Å². The average Bonchev–Trinajstić information content (AvgIpc) is 3.20. The molecular formula is C24H27N3O2S. The van der Waals surface area contributed by atoms with Crippen molar-refractivity contribution in [2.75, 3.05) is 18.4 Å². The lowest BCUT2D eigenvalue weighted by Gasteiger charge is -2.30. The van der Waals surface area contributed by atoms with Crippen LogP contribution in [-0.2, 0) is 13.2 Å². The van der Waals surface area contributed by atoms with Crippen LogP contribution >= 0.6 is 11.3 Å². The predicted octanol–water partition coefficient (Wildman–Crippen LogP) is 5.21. The zero-order valence-corrected chi connectivity index (χ0v) is 18.0. The molecule has 3 aromatic rings. The molecule has 0 radical (unpaired) electrons. The van der Waals surface area contributed by atoms with Crippen LogP contribution in [0, 0.1) is 5.92 Å². The van der Waals surface area contributed by atoms with Gasteiger partial charge in [-0.25, -0.2) is 4.98 Å². The number of carbonyl (C=O) groups excluding carboxylic acids is 1. The number of hydrogen-bond acceptors (Lipinski definition) is 5. The van der Waals surface area contributed by atoms with E-state index in [0.717, 1.165) is 42.6 Å². The molecule has 2 aromatic carbocycles. The molecule has 156 valence electrons. The van der Waals surface area contributed by atoms with E-state index < -0.39 is 0 Å². The fourth-order valence-electron chi connectivity index (χ4n) is 3.81. The summed E-state index contributed by atoms with van der Waals surface area (Å²) in [7, 11) is 0. The van der Waals surface area contributed by atoms with Crippen molar-refractivity contribution in [3.63, 3.8) is 0 Å². The number of ether oxygens (including phenoxy) is 1. The van der Waals surface area contributed by atoms with E-state index in [1.165, 1.54) is 24.2 Å². The van der Waals surface area contributed by atoms with E-state index in [1.807, 2.05) is 60.0 Å². The molecule has 6 heteroatoms. The minimum atomic E-state index is -0.158. The maximum Gasteiger partial charge on any atom is 0.257 e. The van der Waals surface area contributed by atoms with Gasteiger partial charge < -0.3 is 4.74 Å². The number of aromatic nitrogens is 1. The van der Waals surface area contributed by atoms with Crippen molar-refractivity contribution in [2.45, 2.75) is 32.9 Å². The summed E-state index contributed by atoms with van der Waals surface area (Å²) in [6.45, 7) is 5.73. The third-order valence-corrected chi connectivity index (χ3v) is 6.11. The summed E-state index contributed by atoms with van der Waals surface area (Å²) >= 11 is 1.48. The smallest absolute Gasteiger partial charge is 0.257 e. The number of amides is 1. The van der Waals surface area contributed by atoms with Gasteiger partial charge in [-0.15, -0.1) is 11.3 Å². The van der Waals surface area contributed by atoms with Crippen molar-refractivity contribution in [1.29, 1.82) is 0 Å². The molecule has 1 N–H and O–H groups in total. The number of thiazole rings is 1. The van der Waals surface area contributed by atoms with E-state index in [9.17, 15) is 4.79 Å². The molecule has 1 amide bonds. The highest BCUT2D eigenvalue weighted by atomic mass is 32.1. The molecule has 1 aliphatic heterocycles. The molecule has 1 aromatic heterocycles. The third-order valence-electron chi connectivity index (χ3n) is 5.30. The summed E-state index contributed by atoms with van der Waals surface area (Å²) in [5, 5.41) is 5.64. The monoisotopic (exact) mass is 421 g/mol. The van der Waals surface area contributed by atoms with Gasteiger partial charge in [-0.1, -0.05) is 43.3 Å². The SMILES string of the molecule is CC1CCCN(Cc2csc(NC(=O)c3ccccc3COc3ccccc3)n2)C1. The van der Waals surface area contributed by atoms with Gasteiger partial charge in [0.25, 0.3) is 5.91 Å². The molecule has 0 bridgehead atoms. The molecule has 4 rings (SSSR count). The molecule has 0 spiro atoms. The van der Waals surface area contributed by atoms with Crippen LogP contribution < -0.4 is 10.1 Å². The van der Waals surface area contributed by atoms with Crippen LogP contribution in [-0.4, -0.2) is 28.9 Å². The van der Waals surface area contributed by atoms with Crippen LogP contribution in [0.1, 0.15) is 41.4 Å². The first kappa shape index (κ1) is 20.6. The molecule has 1 unspecified atom stereocenters. The number of carbonyl (C=O) groups is 1. The Kier molecular flexibility index (Phi) is 6.77. The molecule has 5 nitrogen and oxygen atoms in total. The van der Waals surface area contributed by atoms with Crippen LogP contribution in [0.25, 0.3) is 0 Å². The number of likely N-dealkylation sites (tertiary alicyclic amines) is 1. The van der Waals surface area contributed by atoms with Gasteiger partial charge in [0.1, 0.15) is 12.4 Å². The van der Waals surface area contributed by atoms with Gasteiger partial charge in [0.2, 0.25) is 0 Å². The first-order valence-corrected chi connectivity index (χ1v) is 11.3. The molecule has 1 aliphatic rings. The van der Waals surface area contributed by atoms with E-state index >= 15 is 0 Å². The minimum absolute atomic E-state index is 0.158. The second-order valence-corrected chi connectivity index (χ2v) is 8.70. The van der Waals surface area contributed by atoms with Crippen molar-refractivity contribution in [1.82, 2.24) is 9.88 Å². The summed E-state index contributed by atoms with van der Waals surface area (Å²) in [4.78, 5) is 20.0. The quantitative estimate of drug-likeness (QED) is 0.569. The summed E-state index contributed by atoms with van der Waals surface area (Å²) in [6, 6.07) is 17.1. The van der Waals surface area contributed by atoms with Crippen LogP contribution in [0.15, 0.2) is 60.0 Å². The minimum Gasteiger partial charge on any atom is -0.489 e. The Balaban J connectivity index is 1.38. The van der Waals surface area contributed by atoms with Crippen LogP contribution in [0.5, 0.6) is 5.75 Å². The molecule has 0 saturated carbocycles. The zero-order chi connectivity index (χ0) is 20.8. The van der Waals surface area contributed by atoms with E-state index in [1.54, 1.807) is 0 Å². The van der Waals surface area contributed by atoms with E-state index in [4.69, 9.17) is 4.74 Å². The first-order valence-electron chi connectivity index (χ1n) is 10.4. The van der Waals surface area contributed by atoms with Gasteiger partial charge in [-0.2, -0.15) is 0 Å². The van der Waals surface area contributed by atoms with Crippen LogP contribution in [0.3, 0.4) is 0 Å². The number of benzene rings is 2. The van der Waals surface area contributed by atoms with Crippen molar-refractivity contribution < 1.29 is 9.53 Å². The lowest BCUT2D eigenvalue weighted by Crippen LogP contribution is -2.33. The van der Waals surface area contributed by atoms with Crippen molar-refractivity contribution in [2.24, 2.45) is 5.92 Å². The molecule has 1 atom stereocenters. The Morgan fingerprint density at radius 2 is 2.00 bits per heavy atom. The standard InChI is InChI=1S/C24H27N3O2S/c1-18-8-7-13-27(14-18)15-20-17-30-24(25-20)26-23(28)22-12-6-5-9-19(22)16-29-21-10-3-2-4-11-21/h2-6,9-12,17-18H,7-8,13-16H2,1H3,(H,25,26,28). The Morgan fingerprint density at radius 3 is 2.83 bits per heavy atom.